The summed E-state index contributed by atoms with van der Waals surface area (Å²) in [4.78, 5) is 25.4. The summed E-state index contributed by atoms with van der Waals surface area (Å²) in [7, 11) is 0. The number of imidazole rings is 1. The average molecular weight is 514 g/mol. The van der Waals surface area contributed by atoms with Crippen molar-refractivity contribution in [3.8, 4) is 0 Å². The molecule has 2 aliphatic carbocycles. The van der Waals surface area contributed by atoms with Gasteiger partial charge in [0, 0.05) is 18.0 Å². The summed E-state index contributed by atoms with van der Waals surface area (Å²) in [5.74, 6) is -1.32. The van der Waals surface area contributed by atoms with E-state index in [0.717, 1.165) is 12.8 Å². The fourth-order valence-corrected chi connectivity index (χ4v) is 5.47. The lowest BCUT2D eigenvalue weighted by atomic mass is 9.73. The third-order valence-corrected chi connectivity index (χ3v) is 7.98. The summed E-state index contributed by atoms with van der Waals surface area (Å²) in [6.07, 6.45) is 6.00. The number of nitrogens with one attached hydrogen (secondary N) is 2. The smallest absolute Gasteiger partial charge is 0.224 e. The number of fused-ring (bicyclic) bond motifs is 1. The van der Waals surface area contributed by atoms with Crippen molar-refractivity contribution >= 4 is 34.7 Å². The van der Waals surface area contributed by atoms with Gasteiger partial charge >= 0.3 is 0 Å². The highest BCUT2D eigenvalue weighted by Crippen LogP contribution is 2.38. The van der Waals surface area contributed by atoms with E-state index in [0.29, 0.717) is 49.2 Å². The molecule has 0 radical (unpaired) electrons. The van der Waals surface area contributed by atoms with E-state index in [1.165, 1.54) is 18.2 Å². The van der Waals surface area contributed by atoms with E-state index < -0.39 is 17.7 Å². The number of aliphatic hydroxyl groups is 1. The molecule has 198 valence electrons. The molecule has 0 bridgehead atoms. The topological polar surface area (TPSA) is 131 Å². The normalized spacial score (nSPS) is 25.6. The van der Waals surface area contributed by atoms with Crippen molar-refractivity contribution in [2.75, 3.05) is 10.6 Å². The second kappa shape index (κ2) is 9.85. The summed E-state index contributed by atoms with van der Waals surface area (Å²) in [6, 6.07) is 3.58. The van der Waals surface area contributed by atoms with E-state index in [1.54, 1.807) is 6.20 Å². The third kappa shape index (κ3) is 5.09. The Bertz CT molecular complexity index is 1280. The molecule has 5 rings (SSSR count). The largest absolute Gasteiger partial charge is 0.392 e. The Morgan fingerprint density at radius 1 is 1.14 bits per heavy atom. The fourth-order valence-electron chi connectivity index (χ4n) is 5.47. The number of rotatable bonds is 6. The number of halogens is 2. The number of hydrogen-bond donors (Lipinski definition) is 4. The SMILES string of the molecule is CC1(C)CCC(Nc2ncc3nc(Nc4c(F)cccc4F)n([C@H]4CC[C@@H](C(N)=O)CC4)c3n2)C[C@H]1O. The molecule has 2 heterocycles. The zero-order valence-corrected chi connectivity index (χ0v) is 21.0. The standard InChI is InChI=1S/C26H33F2N7O2/c1-26(2)11-10-15(12-20(26)36)31-24-30-13-19-23(34-24)35(16-8-6-14(7-9-16)22(29)37)25(32-19)33-21-17(27)4-3-5-18(21)28/h3-5,13-16,20,36H,6-12H2,1-2H3,(H2,29,37)(H,32,33)(H,30,31,34)/t14-,15?,16+,20-/m1/s1. The van der Waals surface area contributed by atoms with Gasteiger partial charge in [-0.1, -0.05) is 19.9 Å². The van der Waals surface area contributed by atoms with Crippen LogP contribution in [0.25, 0.3) is 11.2 Å². The second-order valence-electron chi connectivity index (χ2n) is 11.0. The van der Waals surface area contributed by atoms with Crippen LogP contribution in [-0.2, 0) is 4.79 Å². The number of para-hydroxylation sites is 1. The molecular formula is C26H33F2N7O2. The molecule has 0 aliphatic heterocycles. The molecule has 2 atom stereocenters. The molecule has 1 amide bonds. The molecule has 2 saturated carbocycles. The van der Waals surface area contributed by atoms with Crippen molar-refractivity contribution in [2.24, 2.45) is 17.1 Å². The molecule has 11 heteroatoms. The first kappa shape index (κ1) is 25.3. The van der Waals surface area contributed by atoms with Gasteiger partial charge in [0.05, 0.1) is 12.3 Å². The summed E-state index contributed by atoms with van der Waals surface area (Å²) >= 11 is 0. The van der Waals surface area contributed by atoms with Gasteiger partial charge in [-0.2, -0.15) is 4.98 Å². The van der Waals surface area contributed by atoms with Crippen molar-refractivity contribution in [2.45, 2.75) is 77.0 Å². The summed E-state index contributed by atoms with van der Waals surface area (Å²) < 4.78 is 30.8. The van der Waals surface area contributed by atoms with E-state index in [9.17, 15) is 18.7 Å². The molecule has 3 aromatic rings. The van der Waals surface area contributed by atoms with Gasteiger partial charge in [-0.15, -0.1) is 0 Å². The van der Waals surface area contributed by atoms with Crippen LogP contribution in [0.5, 0.6) is 0 Å². The van der Waals surface area contributed by atoms with Gasteiger partial charge in [-0.25, -0.2) is 18.7 Å². The molecule has 5 N–H and O–H groups in total. The van der Waals surface area contributed by atoms with Crippen LogP contribution in [0.3, 0.4) is 0 Å². The number of aliphatic hydroxyl groups excluding tert-OH is 1. The zero-order valence-electron chi connectivity index (χ0n) is 21.0. The summed E-state index contributed by atoms with van der Waals surface area (Å²) in [5, 5.41) is 16.7. The number of primary amides is 1. The Morgan fingerprint density at radius 3 is 2.49 bits per heavy atom. The van der Waals surface area contributed by atoms with Crippen LogP contribution in [-0.4, -0.2) is 42.7 Å². The number of hydrogen-bond acceptors (Lipinski definition) is 7. The second-order valence-corrected chi connectivity index (χ2v) is 11.0. The fraction of sp³-hybridized carbons (Fsp3) is 0.538. The Labute approximate surface area is 213 Å². The zero-order chi connectivity index (χ0) is 26.3. The number of aromatic nitrogens is 4. The van der Waals surface area contributed by atoms with E-state index in [1.807, 2.05) is 4.57 Å². The van der Waals surface area contributed by atoms with Crippen molar-refractivity contribution in [1.29, 1.82) is 0 Å². The first-order valence-corrected chi connectivity index (χ1v) is 12.8. The Morgan fingerprint density at radius 2 is 1.84 bits per heavy atom. The van der Waals surface area contributed by atoms with Crippen molar-refractivity contribution in [1.82, 2.24) is 19.5 Å². The molecule has 1 aromatic carbocycles. The number of benzene rings is 1. The van der Waals surface area contributed by atoms with Gasteiger partial charge in [-0.3, -0.25) is 9.36 Å². The molecule has 0 saturated heterocycles. The average Bonchev–Trinajstić information content (AvgIpc) is 3.21. The molecule has 1 unspecified atom stereocenters. The van der Waals surface area contributed by atoms with Crippen LogP contribution in [0.2, 0.25) is 0 Å². The lowest BCUT2D eigenvalue weighted by Crippen LogP contribution is -2.41. The van der Waals surface area contributed by atoms with E-state index in [2.05, 4.69) is 34.4 Å². The van der Waals surface area contributed by atoms with Crippen LogP contribution in [0, 0.1) is 23.0 Å². The van der Waals surface area contributed by atoms with Gasteiger partial charge in [-0.05, 0) is 62.5 Å². The van der Waals surface area contributed by atoms with Crippen LogP contribution in [0.15, 0.2) is 24.4 Å². The Balaban J connectivity index is 1.49. The Hall–Kier alpha value is -3.34. The lowest BCUT2D eigenvalue weighted by Gasteiger charge is -2.39. The lowest BCUT2D eigenvalue weighted by molar-refractivity contribution is -0.122. The molecule has 2 aromatic heterocycles. The van der Waals surface area contributed by atoms with Gasteiger partial charge in [0.2, 0.25) is 17.8 Å². The molecule has 9 nitrogen and oxygen atoms in total. The quantitative estimate of drug-likeness (QED) is 0.384. The maximum Gasteiger partial charge on any atom is 0.224 e. The van der Waals surface area contributed by atoms with Crippen LogP contribution >= 0.6 is 0 Å². The first-order chi connectivity index (χ1) is 17.6. The molecule has 37 heavy (non-hydrogen) atoms. The highest BCUT2D eigenvalue weighted by molar-refractivity contribution is 5.78. The van der Waals surface area contributed by atoms with Gasteiger partial charge in [0.1, 0.15) is 22.8 Å². The molecule has 2 fully saturated rings. The Kier molecular flexibility index (Phi) is 6.74. The van der Waals surface area contributed by atoms with Gasteiger partial charge in [0.15, 0.2) is 5.65 Å². The number of nitrogens with zero attached hydrogens (tertiary/aromatic N) is 4. The third-order valence-electron chi connectivity index (χ3n) is 7.98. The van der Waals surface area contributed by atoms with E-state index in [-0.39, 0.29) is 41.0 Å². The van der Waals surface area contributed by atoms with Crippen molar-refractivity contribution in [3.63, 3.8) is 0 Å². The first-order valence-electron chi connectivity index (χ1n) is 12.8. The van der Waals surface area contributed by atoms with Gasteiger partial charge in [0.25, 0.3) is 0 Å². The van der Waals surface area contributed by atoms with Crippen LogP contribution < -0.4 is 16.4 Å². The van der Waals surface area contributed by atoms with E-state index >= 15 is 0 Å². The highest BCUT2D eigenvalue weighted by Gasteiger charge is 2.35. The number of carbonyl (C=O) groups excluding carboxylic acids is 1. The summed E-state index contributed by atoms with van der Waals surface area (Å²) in [6.45, 7) is 4.13. The highest BCUT2D eigenvalue weighted by atomic mass is 19.1. The molecule has 0 spiro atoms. The summed E-state index contributed by atoms with van der Waals surface area (Å²) in [5.41, 5.74) is 6.10. The van der Waals surface area contributed by atoms with E-state index in [4.69, 9.17) is 10.7 Å². The number of amides is 1. The maximum absolute atomic E-state index is 14.5. The number of nitrogens with two attached hydrogens (primary N) is 1. The predicted molar refractivity (Wildman–Crippen MR) is 136 cm³/mol. The van der Waals surface area contributed by atoms with Gasteiger partial charge < -0.3 is 21.5 Å². The predicted octanol–water partition coefficient (Wildman–Crippen LogP) is 4.42. The minimum absolute atomic E-state index is 0.0213. The minimum Gasteiger partial charge on any atom is -0.392 e. The molecule has 2 aliphatic rings. The monoisotopic (exact) mass is 513 g/mol. The minimum atomic E-state index is -0.733. The van der Waals surface area contributed by atoms with Crippen LogP contribution in [0.4, 0.5) is 26.4 Å². The van der Waals surface area contributed by atoms with Crippen LogP contribution in [0.1, 0.15) is 64.8 Å². The number of carbonyl (C=O) groups is 1. The van der Waals surface area contributed by atoms with Crippen molar-refractivity contribution < 1.29 is 18.7 Å². The number of anilines is 3. The van der Waals surface area contributed by atoms with Crippen molar-refractivity contribution in [3.05, 3.63) is 36.0 Å². The molecular weight excluding hydrogens is 480 g/mol. The maximum atomic E-state index is 14.5.